The van der Waals surface area contributed by atoms with Crippen molar-refractivity contribution in [2.45, 2.75) is 11.2 Å². The lowest BCUT2D eigenvalue weighted by molar-refractivity contribution is -0.137. The summed E-state index contributed by atoms with van der Waals surface area (Å²) in [5.41, 5.74) is 3.69. The quantitative estimate of drug-likeness (QED) is 0.458. The molecule has 0 saturated carbocycles. The van der Waals surface area contributed by atoms with E-state index < -0.39 is 32.4 Å². The van der Waals surface area contributed by atoms with Crippen molar-refractivity contribution in [1.29, 1.82) is 0 Å². The number of nitrogens with two attached hydrogens (primary N) is 1. The number of nitrogens with zero attached hydrogens (tertiary/aromatic N) is 3. The minimum atomic E-state index is -4.80. The van der Waals surface area contributed by atoms with E-state index in [9.17, 15) is 21.6 Å². The fourth-order valence-corrected chi connectivity index (χ4v) is 3.09. The molecule has 0 fully saturated rings. The van der Waals surface area contributed by atoms with Gasteiger partial charge in [0.1, 0.15) is 0 Å². The largest absolute Gasteiger partial charge is 0.417 e. The molecule has 3 aromatic rings. The Balaban J connectivity index is 2.10. The third-order valence-electron chi connectivity index (χ3n) is 3.44. The van der Waals surface area contributed by atoms with Crippen molar-refractivity contribution in [1.82, 2.24) is 20.2 Å². The lowest BCUT2D eigenvalue weighted by atomic mass is 9.99. The average molecular weight is 435 g/mol. The Hall–Kier alpha value is -2.90. The fourth-order valence-electron chi connectivity index (χ4n) is 2.34. The van der Waals surface area contributed by atoms with Crippen LogP contribution < -0.4 is 11.1 Å². The molecule has 0 aliphatic heterocycles. The SMILES string of the molecule is Nc1nc(Nc2cc(Cl)c(-c3ccc(S(=O)(=O)O)nc3)c(C(F)(F)F)c2)n[nH]1. The van der Waals surface area contributed by atoms with Gasteiger partial charge in [0.15, 0.2) is 5.03 Å². The molecule has 2 heterocycles. The number of anilines is 3. The van der Waals surface area contributed by atoms with Crippen LogP contribution in [-0.2, 0) is 16.3 Å². The average Bonchev–Trinajstić information content (AvgIpc) is 2.98. The number of benzene rings is 1. The summed E-state index contributed by atoms with van der Waals surface area (Å²) in [5, 5.41) is 7.53. The predicted octanol–water partition coefficient (Wildman–Crippen LogP) is 3.11. The van der Waals surface area contributed by atoms with Gasteiger partial charge in [-0.2, -0.15) is 26.6 Å². The number of pyridine rings is 1. The topological polar surface area (TPSA) is 147 Å². The van der Waals surface area contributed by atoms with Crippen LogP contribution in [0.1, 0.15) is 5.56 Å². The number of aromatic nitrogens is 4. The Bertz CT molecular complexity index is 1130. The second kappa shape index (κ2) is 6.92. The molecule has 28 heavy (non-hydrogen) atoms. The summed E-state index contributed by atoms with van der Waals surface area (Å²) in [4.78, 5) is 7.19. The summed E-state index contributed by atoms with van der Waals surface area (Å²) in [6.45, 7) is 0. The number of hydrogen-bond donors (Lipinski definition) is 4. The van der Waals surface area contributed by atoms with Crippen molar-refractivity contribution >= 4 is 39.3 Å². The molecule has 1 aromatic carbocycles. The highest BCUT2D eigenvalue weighted by Crippen LogP contribution is 2.43. The van der Waals surface area contributed by atoms with Crippen molar-refractivity contribution in [3.05, 3.63) is 41.0 Å². The molecule has 0 amide bonds. The zero-order valence-electron chi connectivity index (χ0n) is 13.5. The molecule has 2 aromatic heterocycles. The van der Waals surface area contributed by atoms with Gasteiger partial charge in [0, 0.05) is 23.0 Å². The molecule has 0 bridgehead atoms. The minimum absolute atomic E-state index is 0.0359. The number of halogens is 4. The lowest BCUT2D eigenvalue weighted by Gasteiger charge is -2.17. The fraction of sp³-hybridized carbons (Fsp3) is 0.0714. The Morgan fingerprint density at radius 3 is 2.46 bits per heavy atom. The molecule has 148 valence electrons. The lowest BCUT2D eigenvalue weighted by Crippen LogP contribution is -2.09. The molecule has 14 heteroatoms. The molecule has 0 atom stereocenters. The van der Waals surface area contributed by atoms with Crippen molar-refractivity contribution < 1.29 is 26.1 Å². The Morgan fingerprint density at radius 2 is 1.96 bits per heavy atom. The van der Waals surface area contributed by atoms with Gasteiger partial charge in [-0.1, -0.05) is 11.6 Å². The summed E-state index contributed by atoms with van der Waals surface area (Å²) < 4.78 is 71.9. The van der Waals surface area contributed by atoms with Crippen LogP contribution in [-0.4, -0.2) is 33.1 Å². The van der Waals surface area contributed by atoms with Crippen molar-refractivity contribution in [2.24, 2.45) is 0 Å². The first-order valence-electron chi connectivity index (χ1n) is 7.24. The first-order valence-corrected chi connectivity index (χ1v) is 9.06. The molecule has 0 unspecified atom stereocenters. The molecule has 5 N–H and O–H groups in total. The summed E-state index contributed by atoms with van der Waals surface area (Å²) in [5.74, 6) is -0.0973. The molecule has 0 spiro atoms. The Kier molecular flexibility index (Phi) is 4.91. The van der Waals surface area contributed by atoms with Crippen molar-refractivity contribution in [3.63, 3.8) is 0 Å². The van der Waals surface area contributed by atoms with Crippen LogP contribution in [0.4, 0.5) is 30.8 Å². The maximum Gasteiger partial charge on any atom is 0.417 e. The van der Waals surface area contributed by atoms with Gasteiger partial charge in [-0.15, -0.1) is 5.10 Å². The van der Waals surface area contributed by atoms with Crippen LogP contribution in [0.25, 0.3) is 11.1 Å². The van der Waals surface area contributed by atoms with E-state index in [0.29, 0.717) is 0 Å². The number of hydrogen-bond acceptors (Lipinski definition) is 7. The van der Waals surface area contributed by atoms with E-state index in [0.717, 1.165) is 24.4 Å². The summed E-state index contributed by atoms with van der Waals surface area (Å²) in [6.07, 6.45) is -3.93. The minimum Gasteiger partial charge on any atom is -0.368 e. The molecule has 0 saturated heterocycles. The van der Waals surface area contributed by atoms with E-state index in [1.165, 1.54) is 6.07 Å². The summed E-state index contributed by atoms with van der Waals surface area (Å²) >= 11 is 6.07. The van der Waals surface area contributed by atoms with Crippen LogP contribution in [0.3, 0.4) is 0 Å². The maximum atomic E-state index is 13.6. The number of rotatable bonds is 4. The van der Waals surface area contributed by atoms with Crippen LogP contribution in [0.15, 0.2) is 35.5 Å². The van der Waals surface area contributed by atoms with E-state index >= 15 is 0 Å². The number of aromatic amines is 1. The smallest absolute Gasteiger partial charge is 0.368 e. The van der Waals surface area contributed by atoms with Gasteiger partial charge in [-0.25, -0.2) is 10.1 Å². The molecule has 3 rings (SSSR count). The van der Waals surface area contributed by atoms with Gasteiger partial charge in [-0.3, -0.25) is 4.55 Å². The van der Waals surface area contributed by atoms with Gasteiger partial charge in [-0.05, 0) is 24.3 Å². The standard InChI is InChI=1S/C14H10ClF3N6O3S/c15-9-4-7(21-13-22-12(19)23-24-13)3-8(14(16,17)18)11(9)6-1-2-10(20-5-6)28(25,26)27/h1-5H,(H,25,26,27)(H4,19,21,22,23,24). The van der Waals surface area contributed by atoms with E-state index in [1.807, 2.05) is 0 Å². The third kappa shape index (κ3) is 4.16. The molecule has 0 radical (unpaired) electrons. The summed E-state index contributed by atoms with van der Waals surface area (Å²) in [7, 11) is -4.59. The van der Waals surface area contributed by atoms with Crippen LogP contribution in [0.2, 0.25) is 5.02 Å². The zero-order chi connectivity index (χ0) is 20.7. The summed E-state index contributed by atoms with van der Waals surface area (Å²) in [6, 6.07) is 3.90. The highest BCUT2D eigenvalue weighted by molar-refractivity contribution is 7.85. The number of alkyl halides is 3. The van der Waals surface area contributed by atoms with Crippen LogP contribution in [0, 0.1) is 0 Å². The zero-order valence-corrected chi connectivity index (χ0v) is 15.1. The second-order valence-corrected chi connectivity index (χ2v) is 7.18. The first-order chi connectivity index (χ1) is 12.9. The highest BCUT2D eigenvalue weighted by Gasteiger charge is 2.35. The van der Waals surface area contributed by atoms with E-state index in [1.54, 1.807) is 0 Å². The van der Waals surface area contributed by atoms with Crippen molar-refractivity contribution in [2.75, 3.05) is 11.1 Å². The number of nitrogen functional groups attached to an aromatic ring is 1. The van der Waals surface area contributed by atoms with Crippen LogP contribution >= 0.6 is 11.6 Å². The molecule has 0 aliphatic rings. The Labute approximate surface area is 160 Å². The van der Waals surface area contributed by atoms with Gasteiger partial charge in [0.25, 0.3) is 0 Å². The van der Waals surface area contributed by atoms with Crippen molar-refractivity contribution in [3.8, 4) is 11.1 Å². The van der Waals surface area contributed by atoms with Gasteiger partial charge in [0.2, 0.25) is 11.9 Å². The first kappa shape index (κ1) is 19.9. The predicted molar refractivity (Wildman–Crippen MR) is 93.6 cm³/mol. The van der Waals surface area contributed by atoms with E-state index in [4.69, 9.17) is 21.9 Å². The van der Waals surface area contributed by atoms with Crippen LogP contribution in [0.5, 0.6) is 0 Å². The molecule has 0 aliphatic carbocycles. The van der Waals surface area contributed by atoms with Gasteiger partial charge < -0.3 is 11.1 Å². The second-order valence-electron chi connectivity index (χ2n) is 5.41. The van der Waals surface area contributed by atoms with Gasteiger partial charge >= 0.3 is 16.3 Å². The molecular weight excluding hydrogens is 425 g/mol. The molecular formula is C14H10ClF3N6O3S. The van der Waals surface area contributed by atoms with E-state index in [-0.39, 0.29) is 28.2 Å². The molecule has 9 nitrogen and oxygen atoms in total. The van der Waals surface area contributed by atoms with E-state index in [2.05, 4.69) is 25.5 Å². The Morgan fingerprint density at radius 1 is 1.25 bits per heavy atom. The number of nitrogens with one attached hydrogen (secondary N) is 2. The van der Waals surface area contributed by atoms with Gasteiger partial charge in [0.05, 0.1) is 10.6 Å². The monoisotopic (exact) mass is 434 g/mol. The normalized spacial score (nSPS) is 12.2. The maximum absolute atomic E-state index is 13.6. The highest BCUT2D eigenvalue weighted by atomic mass is 35.5. The number of H-pyrrole nitrogens is 1. The third-order valence-corrected chi connectivity index (χ3v) is 4.51.